The van der Waals surface area contributed by atoms with Crippen LogP contribution in [0.1, 0.15) is 208 Å². The summed E-state index contributed by atoms with van der Waals surface area (Å²) in [5, 5.41) is 264. The fourth-order valence-electron chi connectivity index (χ4n) is 18.4. The van der Waals surface area contributed by atoms with E-state index in [1.807, 2.05) is 0 Å². The van der Waals surface area contributed by atoms with E-state index in [1.165, 1.54) is 89.5 Å². The average Bonchev–Trinajstić information content (AvgIpc) is 0.763. The van der Waals surface area contributed by atoms with Gasteiger partial charge in [0.1, 0.15) is 195 Å². The summed E-state index contributed by atoms with van der Waals surface area (Å²) in [4.78, 5) is 64.9. The van der Waals surface area contributed by atoms with Crippen molar-refractivity contribution in [1.82, 2.24) is 26.6 Å². The largest absolute Gasteiger partial charge is 0.394 e. The van der Waals surface area contributed by atoms with Crippen LogP contribution < -0.4 is 26.6 Å². The minimum atomic E-state index is -2.47. The maximum absolute atomic E-state index is 13.8. The molecule has 0 aromatic carbocycles. The zero-order chi connectivity index (χ0) is 101. The molecule has 8 fully saturated rings. The van der Waals surface area contributed by atoms with Gasteiger partial charge < -0.3 is 215 Å². The Hall–Kier alpha value is -4.43. The van der Waals surface area contributed by atoms with Crippen molar-refractivity contribution in [3.8, 4) is 0 Å². The number of unbranched alkanes of at least 4 members (excludes halogenated alkanes) is 23. The Balaban J connectivity index is 1.05. The Labute approximate surface area is 802 Å². The number of allylic oxidation sites excluding steroid dienone is 1. The third kappa shape index (κ3) is 33.8. The van der Waals surface area contributed by atoms with Gasteiger partial charge >= 0.3 is 0 Å². The molecule has 0 bridgehead atoms. The maximum atomic E-state index is 13.8. The predicted octanol–water partition coefficient (Wildman–Crippen LogP) is -7.27. The number of ether oxygens (including phenoxy) is 16. The molecule has 48 heteroatoms. The van der Waals surface area contributed by atoms with Gasteiger partial charge in [0.05, 0.1) is 71.6 Å². The quantitative estimate of drug-likeness (QED) is 0.0199. The summed E-state index contributed by atoms with van der Waals surface area (Å²) in [6.45, 7) is -0.578. The monoisotopic (exact) mass is 2000 g/mol. The smallest absolute Gasteiger partial charge is 0.220 e. The van der Waals surface area contributed by atoms with Gasteiger partial charge in [-0.2, -0.15) is 0 Å². The summed E-state index contributed by atoms with van der Waals surface area (Å²) < 4.78 is 96.5. The molecule has 8 saturated heterocycles. The van der Waals surface area contributed by atoms with Gasteiger partial charge in [-0.3, -0.25) is 24.0 Å². The standard InChI is InChI=1S/C90H159N5O43/c1-7-9-11-13-15-17-19-21-23-25-27-29-31-33-49(107)48(95-58(108)34-32-30-28-26-24-22-20-18-16-14-12-10-8-2)42-123-87-73(119)71(117)79(55(40-101)130-87)135-90-76(122)82(138-89-75(121)81(66(112)53(38-99)128-89)137-86-62(94-47(6)106)80(65(111)52(37-98)127-86)136-85-60(92-45(4)104)69(115)64(110)51(36-97)126-85)67(113)57(132-90)43-124-83-61(93-46(5)105)70(116)77(54(39-100)129-83)134-88-74(120)72(118)78(56(41-102)131-88)133-84-59(91-44(3)103)68(114)63(109)50(35-96)125-84/h31,33,48-57,59-90,96-102,107,109-122H,7-30,32,34-43H2,1-6H3,(H,91,103)(H,92,104)(H,93,105)(H,94,106)(H,95,108)/b33-31+/t48-,49+,50?,51?,52?,53?,54?,55?,56?,57?,59?,60?,61?,62?,63-,64-,65-,66-,67-,68+,69+,70+,71+,72+,73?,74?,75?,76?,77+,78-,79+,80+,81-,82-,83+,84-,85+,86-,87+,88-,89+,90-/m0/s1. The molecule has 0 aromatic heterocycles. The van der Waals surface area contributed by atoms with Crippen LogP contribution in [-0.4, -0.2) is 459 Å². The number of aliphatic hydroxyl groups is 22. The Morgan fingerprint density at radius 3 is 1.01 bits per heavy atom. The molecule has 0 aromatic rings. The van der Waals surface area contributed by atoms with Gasteiger partial charge in [-0.15, -0.1) is 0 Å². The van der Waals surface area contributed by atoms with Crippen molar-refractivity contribution in [2.45, 2.75) is 466 Å². The molecule has 8 aliphatic rings. The molecule has 138 heavy (non-hydrogen) atoms. The van der Waals surface area contributed by atoms with E-state index in [1.54, 1.807) is 6.08 Å². The third-order valence-corrected chi connectivity index (χ3v) is 26.2. The first kappa shape index (κ1) is 119. The van der Waals surface area contributed by atoms with Crippen molar-refractivity contribution in [3.63, 3.8) is 0 Å². The number of aliphatic hydroxyl groups excluding tert-OH is 22. The number of rotatable bonds is 58. The van der Waals surface area contributed by atoms with E-state index in [4.69, 9.17) is 75.8 Å². The zero-order valence-corrected chi connectivity index (χ0v) is 79.6. The topological polar surface area (TPSA) is 738 Å². The molecule has 0 radical (unpaired) electrons. The highest BCUT2D eigenvalue weighted by atomic mass is 16.8. The number of nitrogens with one attached hydrogen (secondary N) is 5. The molecule has 8 rings (SSSR count). The van der Waals surface area contributed by atoms with Gasteiger partial charge in [0.15, 0.2) is 50.3 Å². The van der Waals surface area contributed by atoms with Crippen molar-refractivity contribution in [3.05, 3.63) is 12.2 Å². The second-order valence-corrected chi connectivity index (χ2v) is 37.1. The van der Waals surface area contributed by atoms with E-state index < -0.39 is 347 Å². The second kappa shape index (κ2) is 60.6. The van der Waals surface area contributed by atoms with Gasteiger partial charge in [0, 0.05) is 34.1 Å². The van der Waals surface area contributed by atoms with Crippen LogP contribution in [0.15, 0.2) is 12.2 Å². The molecule has 27 N–H and O–H groups in total. The third-order valence-electron chi connectivity index (χ3n) is 26.2. The zero-order valence-electron chi connectivity index (χ0n) is 79.6. The minimum absolute atomic E-state index is 0.0999. The normalized spacial score (nSPS) is 39.1. The molecular weight excluding hydrogens is 1840 g/mol. The second-order valence-electron chi connectivity index (χ2n) is 37.1. The maximum Gasteiger partial charge on any atom is 0.220 e. The highest BCUT2D eigenvalue weighted by Crippen LogP contribution is 2.40. The molecular formula is C90H159N5O43. The fourth-order valence-corrected chi connectivity index (χ4v) is 18.4. The minimum Gasteiger partial charge on any atom is -0.394 e. The fraction of sp³-hybridized carbons (Fsp3) is 0.922. The van der Waals surface area contributed by atoms with E-state index in [9.17, 15) is 136 Å². The van der Waals surface area contributed by atoms with Gasteiger partial charge in [0.2, 0.25) is 29.5 Å². The summed E-state index contributed by atoms with van der Waals surface area (Å²) in [6.07, 6.45) is -44.0. The summed E-state index contributed by atoms with van der Waals surface area (Å²) in [5.41, 5.74) is 0. The first-order chi connectivity index (χ1) is 66.0. The van der Waals surface area contributed by atoms with E-state index >= 15 is 0 Å². The summed E-state index contributed by atoms with van der Waals surface area (Å²) in [7, 11) is 0. The van der Waals surface area contributed by atoms with Gasteiger partial charge in [0.25, 0.3) is 0 Å². The van der Waals surface area contributed by atoms with Crippen LogP contribution >= 0.6 is 0 Å². The lowest BCUT2D eigenvalue weighted by Gasteiger charge is -2.51. The lowest BCUT2D eigenvalue weighted by molar-refractivity contribution is -0.392. The Morgan fingerprint density at radius 2 is 0.587 bits per heavy atom. The van der Waals surface area contributed by atoms with Crippen molar-refractivity contribution in [2.24, 2.45) is 0 Å². The number of hydrogen-bond acceptors (Lipinski definition) is 43. The molecule has 5 amide bonds. The molecule has 8 heterocycles. The first-order valence-electron chi connectivity index (χ1n) is 49.0. The molecule has 42 atom stereocenters. The SMILES string of the molecule is CCCCCCCCCCCCC/C=C/[C@@H](O)[C@H](CO[C@@H]1OC(CO)[C@@H](O[C@@H]2OC(CO[C@@H]3OC(CO)[C@@H](O[C@@H]4OC(CO)[C@H](O[C@@H]5OC(CO)[C@H](O)[C@H](O)C5NC(C)=O)[C@H](O)C4O)[C@H](O)C3NC(C)=O)[C@H](O)[C@H](O[C@H]3OC(CO)[C@H](O)[C@H](O[C@@H]4OC(CO)[C@H](O)[C@H](O[C@H]5OC(CO)[C@H](O)[C@H](O)C5NC(C)=O)C4NC(C)=O)C3O)C2O)[C@H](O)C1O)NC(=O)CCCCCCCCCCCCCCC. The van der Waals surface area contributed by atoms with E-state index in [-0.39, 0.29) is 6.42 Å². The van der Waals surface area contributed by atoms with Gasteiger partial charge in [-0.25, -0.2) is 0 Å². The van der Waals surface area contributed by atoms with Crippen LogP contribution in [0.3, 0.4) is 0 Å². The van der Waals surface area contributed by atoms with Crippen LogP contribution in [-0.2, 0) is 99.8 Å². The number of amides is 5. The Morgan fingerprint density at radius 1 is 0.290 bits per heavy atom. The average molecular weight is 2000 g/mol. The Kier molecular flexibility index (Phi) is 52.2. The van der Waals surface area contributed by atoms with Crippen molar-refractivity contribution >= 4 is 29.5 Å². The Bertz CT molecular complexity index is 3490. The molecule has 0 aliphatic carbocycles. The number of carbonyl (C=O) groups excluding carboxylic acids is 5. The first-order valence-corrected chi connectivity index (χ1v) is 49.0. The summed E-state index contributed by atoms with van der Waals surface area (Å²) in [5.74, 6) is -3.80. The van der Waals surface area contributed by atoms with Crippen molar-refractivity contribution in [2.75, 3.05) is 59.5 Å². The lowest BCUT2D eigenvalue weighted by Crippen LogP contribution is -2.71. The van der Waals surface area contributed by atoms with Gasteiger partial charge in [-0.05, 0) is 19.3 Å². The predicted molar refractivity (Wildman–Crippen MR) is 473 cm³/mol. The van der Waals surface area contributed by atoms with E-state index in [0.717, 1.165) is 91.9 Å². The van der Waals surface area contributed by atoms with Crippen LogP contribution in [0.4, 0.5) is 0 Å². The molecule has 16 unspecified atom stereocenters. The lowest BCUT2D eigenvalue weighted by atomic mass is 9.93. The van der Waals surface area contributed by atoms with E-state index in [2.05, 4.69) is 40.4 Å². The van der Waals surface area contributed by atoms with E-state index in [0.29, 0.717) is 12.8 Å². The molecule has 8 aliphatic heterocycles. The van der Waals surface area contributed by atoms with Crippen LogP contribution in [0, 0.1) is 0 Å². The molecule has 0 saturated carbocycles. The molecule has 802 valence electrons. The number of carbonyl (C=O) groups is 5. The van der Waals surface area contributed by atoms with Crippen LogP contribution in [0.2, 0.25) is 0 Å². The number of hydrogen-bond donors (Lipinski definition) is 27. The van der Waals surface area contributed by atoms with Crippen molar-refractivity contribution < 1.29 is 212 Å². The van der Waals surface area contributed by atoms with Crippen LogP contribution in [0.5, 0.6) is 0 Å². The summed E-state index contributed by atoms with van der Waals surface area (Å²) >= 11 is 0. The van der Waals surface area contributed by atoms with Gasteiger partial charge in [-0.1, -0.05) is 167 Å². The highest BCUT2D eigenvalue weighted by molar-refractivity contribution is 5.76. The molecule has 0 spiro atoms. The van der Waals surface area contributed by atoms with Crippen LogP contribution in [0.25, 0.3) is 0 Å². The summed E-state index contributed by atoms with van der Waals surface area (Å²) in [6, 6.07) is -8.19. The highest BCUT2D eigenvalue weighted by Gasteiger charge is 2.61. The van der Waals surface area contributed by atoms with Crippen molar-refractivity contribution in [1.29, 1.82) is 0 Å². The molecule has 48 nitrogen and oxygen atoms in total.